The molecule has 1 amide bonds. The molecular weight excluding hydrogens is 318 g/mol. The number of carbonyl (C=O) groups is 1. The van der Waals surface area contributed by atoms with Crippen molar-refractivity contribution in [2.24, 2.45) is 5.73 Å². The minimum absolute atomic E-state index is 0.448. The Kier molecular flexibility index (Phi) is 4.29. The lowest BCUT2D eigenvalue weighted by atomic mass is 10.1. The molecule has 0 fully saturated rings. The zero-order chi connectivity index (χ0) is 14.7. The second-order valence-corrected chi connectivity index (χ2v) is 5.45. The van der Waals surface area contributed by atoms with Gasteiger partial charge in [-0.25, -0.2) is 0 Å². The van der Waals surface area contributed by atoms with Gasteiger partial charge in [-0.05, 0) is 45.8 Å². The molecule has 0 saturated carbocycles. The second-order valence-electron chi connectivity index (χ2n) is 4.60. The fourth-order valence-electron chi connectivity index (χ4n) is 2.06. The number of amides is 1. The van der Waals surface area contributed by atoms with Crippen LogP contribution < -0.4 is 16.4 Å². The van der Waals surface area contributed by atoms with Crippen molar-refractivity contribution in [3.8, 4) is 0 Å². The number of anilines is 2. The molecule has 0 unspecified atom stereocenters. The topological polar surface area (TPSA) is 72.3 Å². The molecule has 0 atom stereocenters. The van der Waals surface area contributed by atoms with E-state index in [2.05, 4.69) is 15.9 Å². The summed E-state index contributed by atoms with van der Waals surface area (Å²) in [4.78, 5) is 13.6. The van der Waals surface area contributed by atoms with Gasteiger partial charge in [0, 0.05) is 23.8 Å². The van der Waals surface area contributed by atoms with Crippen molar-refractivity contribution < 1.29 is 4.79 Å². The summed E-state index contributed by atoms with van der Waals surface area (Å²) in [7, 11) is 1.92. The largest absolute Gasteiger partial charge is 0.399 e. The number of hydrogen-bond donors (Lipinski definition) is 2. The van der Waals surface area contributed by atoms with Crippen molar-refractivity contribution in [2.75, 3.05) is 17.7 Å². The van der Waals surface area contributed by atoms with Gasteiger partial charge in [0.25, 0.3) is 5.91 Å². The summed E-state index contributed by atoms with van der Waals surface area (Å²) in [5, 5.41) is 0. The fraction of sp³-hybridized carbons (Fsp3) is 0.133. The van der Waals surface area contributed by atoms with E-state index in [9.17, 15) is 4.79 Å². The van der Waals surface area contributed by atoms with Crippen molar-refractivity contribution >= 4 is 33.2 Å². The van der Waals surface area contributed by atoms with E-state index < -0.39 is 5.91 Å². The molecule has 0 aliphatic rings. The number of hydrogen-bond acceptors (Lipinski definition) is 3. The minimum Gasteiger partial charge on any atom is -0.399 e. The first-order valence-electron chi connectivity index (χ1n) is 6.13. The molecule has 104 valence electrons. The van der Waals surface area contributed by atoms with E-state index in [4.69, 9.17) is 11.5 Å². The lowest BCUT2D eigenvalue weighted by Gasteiger charge is -2.22. The van der Waals surface area contributed by atoms with Gasteiger partial charge < -0.3 is 16.4 Å². The van der Waals surface area contributed by atoms with Gasteiger partial charge in [0.2, 0.25) is 0 Å². The summed E-state index contributed by atoms with van der Waals surface area (Å²) in [6, 6.07) is 13.2. The van der Waals surface area contributed by atoms with Gasteiger partial charge in [-0.2, -0.15) is 0 Å². The highest BCUT2D eigenvalue weighted by molar-refractivity contribution is 9.10. The van der Waals surface area contributed by atoms with Gasteiger partial charge in [0.15, 0.2) is 0 Å². The van der Waals surface area contributed by atoms with Crippen LogP contribution in [0.1, 0.15) is 15.9 Å². The third kappa shape index (κ3) is 3.11. The van der Waals surface area contributed by atoms with Gasteiger partial charge in [0.05, 0.1) is 11.3 Å². The Morgan fingerprint density at radius 2 is 1.85 bits per heavy atom. The van der Waals surface area contributed by atoms with Gasteiger partial charge in [-0.1, -0.05) is 18.2 Å². The first-order chi connectivity index (χ1) is 9.49. The highest BCUT2D eigenvalue weighted by Crippen LogP contribution is 2.27. The molecule has 2 aromatic carbocycles. The first-order valence-corrected chi connectivity index (χ1v) is 6.92. The maximum atomic E-state index is 11.6. The molecule has 4 nitrogen and oxygen atoms in total. The van der Waals surface area contributed by atoms with E-state index in [0.29, 0.717) is 16.6 Å². The number of nitrogen functional groups attached to an aromatic ring is 1. The van der Waals surface area contributed by atoms with Gasteiger partial charge in [-0.3, -0.25) is 4.79 Å². The van der Waals surface area contributed by atoms with E-state index in [1.165, 1.54) is 0 Å². The Hall–Kier alpha value is -2.01. The number of halogens is 1. The molecule has 2 rings (SSSR count). The van der Waals surface area contributed by atoms with Crippen LogP contribution in [0.4, 0.5) is 11.4 Å². The average Bonchev–Trinajstić information content (AvgIpc) is 2.40. The molecule has 0 bridgehead atoms. The highest BCUT2D eigenvalue weighted by Gasteiger charge is 2.15. The van der Waals surface area contributed by atoms with Crippen LogP contribution in [-0.4, -0.2) is 13.0 Å². The lowest BCUT2D eigenvalue weighted by molar-refractivity contribution is 0.1000. The van der Waals surface area contributed by atoms with E-state index in [1.54, 1.807) is 6.07 Å². The number of benzene rings is 2. The molecule has 0 saturated heterocycles. The molecule has 0 radical (unpaired) electrons. The van der Waals surface area contributed by atoms with Crippen LogP contribution >= 0.6 is 15.9 Å². The van der Waals surface area contributed by atoms with Crippen molar-refractivity contribution in [2.45, 2.75) is 6.54 Å². The molecule has 0 aliphatic carbocycles. The Balaban J connectivity index is 2.29. The Bertz CT molecular complexity index is 626. The number of carbonyl (C=O) groups excluding carboxylic acids is 1. The van der Waals surface area contributed by atoms with Crippen LogP contribution in [0.25, 0.3) is 0 Å². The predicted octanol–water partition coefficient (Wildman–Crippen LogP) is 2.77. The Morgan fingerprint density at radius 3 is 2.45 bits per heavy atom. The van der Waals surface area contributed by atoms with Crippen molar-refractivity contribution in [3.05, 3.63) is 58.1 Å². The van der Waals surface area contributed by atoms with E-state index in [1.807, 2.05) is 48.3 Å². The highest BCUT2D eigenvalue weighted by atomic mass is 79.9. The summed E-state index contributed by atoms with van der Waals surface area (Å²) in [5.74, 6) is -0.448. The number of nitrogens with zero attached hydrogens (tertiary/aromatic N) is 1. The van der Waals surface area contributed by atoms with Crippen molar-refractivity contribution in [3.63, 3.8) is 0 Å². The molecular formula is C15H16BrN3O. The maximum absolute atomic E-state index is 11.6. The number of nitrogens with two attached hydrogens (primary N) is 2. The molecule has 0 aliphatic heterocycles. The fourth-order valence-corrected chi connectivity index (χ4v) is 2.61. The molecule has 0 aromatic heterocycles. The quantitative estimate of drug-likeness (QED) is 0.845. The maximum Gasteiger partial charge on any atom is 0.251 e. The molecule has 0 spiro atoms. The normalized spacial score (nSPS) is 10.3. The summed E-state index contributed by atoms with van der Waals surface area (Å²) in [6.07, 6.45) is 0. The molecule has 4 N–H and O–H groups in total. The van der Waals surface area contributed by atoms with Gasteiger partial charge in [0.1, 0.15) is 0 Å². The van der Waals surface area contributed by atoms with Crippen molar-refractivity contribution in [1.29, 1.82) is 0 Å². The van der Waals surface area contributed by atoms with Gasteiger partial charge in [-0.15, -0.1) is 0 Å². The summed E-state index contributed by atoms with van der Waals surface area (Å²) in [6.45, 7) is 0.664. The monoisotopic (exact) mass is 333 g/mol. The van der Waals surface area contributed by atoms with Crippen molar-refractivity contribution in [1.82, 2.24) is 0 Å². The molecule has 5 heteroatoms. The average molecular weight is 334 g/mol. The number of rotatable bonds is 4. The zero-order valence-corrected chi connectivity index (χ0v) is 12.7. The molecule has 20 heavy (non-hydrogen) atoms. The summed E-state index contributed by atoms with van der Waals surface area (Å²) >= 11 is 3.37. The lowest BCUT2D eigenvalue weighted by Crippen LogP contribution is -2.22. The number of primary amides is 1. The zero-order valence-electron chi connectivity index (χ0n) is 11.1. The van der Waals surface area contributed by atoms with Crippen LogP contribution in [-0.2, 0) is 6.54 Å². The van der Waals surface area contributed by atoms with Crippen LogP contribution in [0, 0.1) is 0 Å². The van der Waals surface area contributed by atoms with E-state index in [-0.39, 0.29) is 0 Å². The van der Waals surface area contributed by atoms with E-state index >= 15 is 0 Å². The van der Waals surface area contributed by atoms with Crippen LogP contribution in [0.5, 0.6) is 0 Å². The Morgan fingerprint density at radius 1 is 1.20 bits per heavy atom. The molecule has 0 heterocycles. The standard InChI is InChI=1S/C15H16BrN3O/c1-19(9-10-5-7-11(17)8-6-10)13-4-2-3-12(16)14(13)15(18)20/h2-8H,9,17H2,1H3,(H2,18,20). The first kappa shape index (κ1) is 14.4. The van der Waals surface area contributed by atoms with Crippen LogP contribution in [0.15, 0.2) is 46.9 Å². The van der Waals surface area contributed by atoms with E-state index in [0.717, 1.165) is 16.9 Å². The predicted molar refractivity (Wildman–Crippen MR) is 85.6 cm³/mol. The minimum atomic E-state index is -0.448. The SMILES string of the molecule is CN(Cc1ccc(N)cc1)c1cccc(Br)c1C(N)=O. The third-order valence-corrected chi connectivity index (χ3v) is 3.71. The third-order valence-electron chi connectivity index (χ3n) is 3.05. The van der Waals surface area contributed by atoms with Gasteiger partial charge >= 0.3 is 0 Å². The Labute approximate surface area is 126 Å². The summed E-state index contributed by atoms with van der Waals surface area (Å²) in [5.41, 5.74) is 14.3. The smallest absolute Gasteiger partial charge is 0.251 e. The second kappa shape index (κ2) is 5.96. The van der Waals surface area contributed by atoms with Crippen LogP contribution in [0.2, 0.25) is 0 Å². The molecule has 2 aromatic rings. The summed E-state index contributed by atoms with van der Waals surface area (Å²) < 4.78 is 0.701. The van der Waals surface area contributed by atoms with Crippen LogP contribution in [0.3, 0.4) is 0 Å².